The van der Waals surface area contributed by atoms with Crippen molar-refractivity contribution < 1.29 is 14.3 Å². The van der Waals surface area contributed by atoms with Crippen molar-refractivity contribution >= 4 is 24.2 Å². The van der Waals surface area contributed by atoms with Crippen LogP contribution in [0.25, 0.3) is 0 Å². The van der Waals surface area contributed by atoms with Crippen LogP contribution in [-0.4, -0.2) is 61.4 Å². The number of piperazine rings is 1. The van der Waals surface area contributed by atoms with Gasteiger partial charge in [0, 0.05) is 37.7 Å². The highest BCUT2D eigenvalue weighted by Gasteiger charge is 2.36. The van der Waals surface area contributed by atoms with Crippen LogP contribution < -0.4 is 10.5 Å². The highest BCUT2D eigenvalue weighted by atomic mass is 35.5. The first-order chi connectivity index (χ1) is 12.1. The number of amides is 2. The molecule has 1 saturated heterocycles. The summed E-state index contributed by atoms with van der Waals surface area (Å²) in [5, 5.41) is 0. The van der Waals surface area contributed by atoms with E-state index in [1.807, 2.05) is 9.80 Å². The third-order valence-corrected chi connectivity index (χ3v) is 5.49. The van der Waals surface area contributed by atoms with Gasteiger partial charge < -0.3 is 20.3 Å². The molecule has 2 atom stereocenters. The Bertz CT molecular complexity index is 615. The first-order valence-electron chi connectivity index (χ1n) is 9.06. The normalized spacial score (nSPS) is 22.7. The highest BCUT2D eigenvalue weighted by molar-refractivity contribution is 5.94. The molecule has 0 unspecified atom stereocenters. The van der Waals surface area contributed by atoms with Crippen molar-refractivity contribution in [2.24, 2.45) is 17.6 Å². The molecule has 1 heterocycles. The van der Waals surface area contributed by atoms with E-state index in [4.69, 9.17) is 10.5 Å². The van der Waals surface area contributed by atoms with Gasteiger partial charge in [-0.05, 0) is 49.6 Å². The largest absolute Gasteiger partial charge is 0.497 e. The highest BCUT2D eigenvalue weighted by Crippen LogP contribution is 2.32. The molecule has 26 heavy (non-hydrogen) atoms. The fourth-order valence-corrected chi connectivity index (χ4v) is 3.92. The Morgan fingerprint density at radius 1 is 1.08 bits per heavy atom. The third-order valence-electron chi connectivity index (χ3n) is 5.49. The molecule has 2 aliphatic rings. The van der Waals surface area contributed by atoms with Gasteiger partial charge in [-0.15, -0.1) is 12.4 Å². The van der Waals surface area contributed by atoms with Crippen molar-refractivity contribution in [1.82, 2.24) is 9.80 Å². The second kappa shape index (κ2) is 9.24. The van der Waals surface area contributed by atoms with Gasteiger partial charge in [0.05, 0.1) is 7.11 Å². The van der Waals surface area contributed by atoms with E-state index in [1.165, 1.54) is 0 Å². The van der Waals surface area contributed by atoms with Gasteiger partial charge in [-0.25, -0.2) is 0 Å². The lowest BCUT2D eigenvalue weighted by atomic mass is 9.94. The fourth-order valence-electron chi connectivity index (χ4n) is 3.92. The minimum atomic E-state index is 0. The predicted molar refractivity (Wildman–Crippen MR) is 103 cm³/mol. The van der Waals surface area contributed by atoms with E-state index in [0.717, 1.165) is 25.0 Å². The lowest BCUT2D eigenvalue weighted by Gasteiger charge is -2.36. The first kappa shape index (κ1) is 20.5. The second-order valence-corrected chi connectivity index (χ2v) is 6.88. The number of nitrogens with two attached hydrogens (primary N) is 1. The zero-order valence-electron chi connectivity index (χ0n) is 15.2. The molecule has 0 spiro atoms. The fraction of sp³-hybridized carbons (Fsp3) is 0.579. The summed E-state index contributed by atoms with van der Waals surface area (Å²) >= 11 is 0. The molecule has 0 radical (unpaired) electrons. The van der Waals surface area contributed by atoms with Gasteiger partial charge in [0.1, 0.15) is 5.75 Å². The van der Waals surface area contributed by atoms with E-state index in [9.17, 15) is 9.59 Å². The smallest absolute Gasteiger partial charge is 0.253 e. The van der Waals surface area contributed by atoms with Crippen LogP contribution >= 0.6 is 12.4 Å². The molecule has 1 aliphatic carbocycles. The number of ether oxygens (including phenoxy) is 1. The van der Waals surface area contributed by atoms with Gasteiger partial charge in [-0.2, -0.15) is 0 Å². The molecular weight excluding hydrogens is 354 g/mol. The van der Waals surface area contributed by atoms with Gasteiger partial charge in [-0.3, -0.25) is 9.59 Å². The van der Waals surface area contributed by atoms with Gasteiger partial charge >= 0.3 is 0 Å². The van der Waals surface area contributed by atoms with Crippen LogP contribution in [0.1, 0.15) is 29.6 Å². The van der Waals surface area contributed by atoms with Crippen LogP contribution in [0.4, 0.5) is 0 Å². The molecule has 0 aromatic heterocycles. The predicted octanol–water partition coefficient (Wildman–Crippen LogP) is 1.78. The summed E-state index contributed by atoms with van der Waals surface area (Å²) in [6.07, 6.45) is 3.10. The SMILES string of the molecule is COc1ccc(C(=O)N2CCN(C(=O)[C@@H]3CCC[C@@H]3CN)CC2)cc1.Cl. The van der Waals surface area contributed by atoms with Crippen LogP contribution in [-0.2, 0) is 4.79 Å². The number of carbonyl (C=O) groups is 2. The van der Waals surface area contributed by atoms with Crippen LogP contribution in [0.15, 0.2) is 24.3 Å². The maximum atomic E-state index is 12.7. The molecule has 7 heteroatoms. The number of hydrogen-bond donors (Lipinski definition) is 1. The molecule has 6 nitrogen and oxygen atoms in total. The summed E-state index contributed by atoms with van der Waals surface area (Å²) in [4.78, 5) is 29.1. The molecule has 0 bridgehead atoms. The number of halogens is 1. The molecule has 1 aromatic rings. The van der Waals surface area contributed by atoms with Crippen molar-refractivity contribution in [1.29, 1.82) is 0 Å². The number of rotatable bonds is 4. The number of methoxy groups -OCH3 is 1. The molecule has 1 aromatic carbocycles. The third kappa shape index (κ3) is 4.30. The van der Waals surface area contributed by atoms with Gasteiger partial charge in [0.2, 0.25) is 5.91 Å². The Morgan fingerprint density at radius 2 is 1.69 bits per heavy atom. The monoisotopic (exact) mass is 381 g/mol. The summed E-state index contributed by atoms with van der Waals surface area (Å²) in [6, 6.07) is 7.15. The summed E-state index contributed by atoms with van der Waals surface area (Å²) in [5.74, 6) is 1.37. The van der Waals surface area contributed by atoms with E-state index in [-0.39, 0.29) is 30.1 Å². The quantitative estimate of drug-likeness (QED) is 0.862. The lowest BCUT2D eigenvalue weighted by molar-refractivity contribution is -0.138. The standard InChI is InChI=1S/C19H27N3O3.ClH/c1-25-16-7-5-14(6-8-16)18(23)21-9-11-22(12-10-21)19(24)17-4-2-3-15(17)13-20;/h5-8,15,17H,2-4,9-13,20H2,1H3;1H/t15-,17-;/m1./s1. The summed E-state index contributed by atoms with van der Waals surface area (Å²) < 4.78 is 5.12. The van der Waals surface area contributed by atoms with Crippen LogP contribution in [0.3, 0.4) is 0 Å². The number of benzene rings is 1. The lowest BCUT2D eigenvalue weighted by Crippen LogP contribution is -2.52. The average molecular weight is 382 g/mol. The number of hydrogen-bond acceptors (Lipinski definition) is 4. The summed E-state index contributed by atoms with van der Waals surface area (Å²) in [5.41, 5.74) is 6.46. The molecule has 3 rings (SSSR count). The Balaban J connectivity index is 0.00000243. The minimum absolute atomic E-state index is 0. The van der Waals surface area contributed by atoms with E-state index < -0.39 is 0 Å². The van der Waals surface area contributed by atoms with Gasteiger partial charge in [0.25, 0.3) is 5.91 Å². The first-order valence-corrected chi connectivity index (χ1v) is 9.06. The molecule has 2 N–H and O–H groups in total. The molecule has 2 amide bonds. The van der Waals surface area contributed by atoms with Crippen molar-refractivity contribution in [3.63, 3.8) is 0 Å². The van der Waals surface area contributed by atoms with E-state index in [1.54, 1.807) is 31.4 Å². The number of nitrogens with zero attached hydrogens (tertiary/aromatic N) is 2. The van der Waals surface area contributed by atoms with Gasteiger partial charge in [0.15, 0.2) is 0 Å². The van der Waals surface area contributed by atoms with Crippen LogP contribution in [0.2, 0.25) is 0 Å². The van der Waals surface area contributed by atoms with Crippen molar-refractivity contribution in [3.05, 3.63) is 29.8 Å². The van der Waals surface area contributed by atoms with E-state index >= 15 is 0 Å². The zero-order chi connectivity index (χ0) is 17.8. The van der Waals surface area contributed by atoms with Gasteiger partial charge in [-0.1, -0.05) is 6.42 Å². The average Bonchev–Trinajstić information content (AvgIpc) is 3.16. The van der Waals surface area contributed by atoms with E-state index in [0.29, 0.717) is 44.2 Å². The molecule has 1 saturated carbocycles. The Morgan fingerprint density at radius 3 is 2.27 bits per heavy atom. The zero-order valence-corrected chi connectivity index (χ0v) is 16.0. The Kier molecular flexibility index (Phi) is 7.29. The number of carbonyl (C=O) groups excluding carboxylic acids is 2. The molecule has 2 fully saturated rings. The maximum Gasteiger partial charge on any atom is 0.253 e. The molecular formula is C19H28ClN3O3. The molecule has 1 aliphatic heterocycles. The topological polar surface area (TPSA) is 75.9 Å². The second-order valence-electron chi connectivity index (χ2n) is 6.88. The van der Waals surface area contributed by atoms with Crippen molar-refractivity contribution in [3.8, 4) is 5.75 Å². The Hall–Kier alpha value is -1.79. The van der Waals surface area contributed by atoms with Crippen LogP contribution in [0, 0.1) is 11.8 Å². The minimum Gasteiger partial charge on any atom is -0.497 e. The maximum absolute atomic E-state index is 12.7. The Labute approximate surface area is 161 Å². The van der Waals surface area contributed by atoms with E-state index in [2.05, 4.69) is 0 Å². The van der Waals surface area contributed by atoms with Crippen molar-refractivity contribution in [2.45, 2.75) is 19.3 Å². The van der Waals surface area contributed by atoms with Crippen molar-refractivity contribution in [2.75, 3.05) is 39.8 Å². The molecule has 144 valence electrons. The summed E-state index contributed by atoms with van der Waals surface area (Å²) in [7, 11) is 1.60. The van der Waals surface area contributed by atoms with Crippen LogP contribution in [0.5, 0.6) is 5.75 Å². The summed E-state index contributed by atoms with van der Waals surface area (Å²) in [6.45, 7) is 2.96.